The minimum Gasteiger partial charge on any atom is -0.456 e. The van der Waals surface area contributed by atoms with Gasteiger partial charge in [-0.05, 0) is 30.5 Å². The standard InChI is InChI=1S/C20H21NO4/c1-14(16-8-4-3-5-9-16)12-20(24)25-13-19(23)21-18-11-7-6-10-17(18)15(2)22/h3-11,14H,12-13H2,1-2H3,(H,21,23)/t14-/m0/s1. The van der Waals surface area contributed by atoms with Crippen molar-refractivity contribution in [1.29, 1.82) is 0 Å². The lowest BCUT2D eigenvalue weighted by molar-refractivity contribution is -0.147. The van der Waals surface area contributed by atoms with Crippen molar-refractivity contribution in [2.45, 2.75) is 26.2 Å². The van der Waals surface area contributed by atoms with Crippen molar-refractivity contribution >= 4 is 23.3 Å². The van der Waals surface area contributed by atoms with E-state index in [0.717, 1.165) is 5.56 Å². The summed E-state index contributed by atoms with van der Waals surface area (Å²) in [6.45, 7) is 2.97. The lowest BCUT2D eigenvalue weighted by Gasteiger charge is -2.12. The van der Waals surface area contributed by atoms with Crippen LogP contribution in [-0.4, -0.2) is 24.3 Å². The fraction of sp³-hybridized carbons (Fsp3) is 0.250. The molecule has 0 spiro atoms. The maximum Gasteiger partial charge on any atom is 0.306 e. The molecule has 0 saturated heterocycles. The van der Waals surface area contributed by atoms with Gasteiger partial charge < -0.3 is 10.1 Å². The summed E-state index contributed by atoms with van der Waals surface area (Å²) < 4.78 is 5.03. The Morgan fingerprint density at radius 3 is 2.32 bits per heavy atom. The van der Waals surface area contributed by atoms with Crippen LogP contribution in [0.5, 0.6) is 0 Å². The second-order valence-electron chi connectivity index (χ2n) is 5.83. The molecule has 5 heteroatoms. The van der Waals surface area contributed by atoms with Gasteiger partial charge in [0.1, 0.15) is 0 Å². The second kappa shape index (κ2) is 8.78. The minimum absolute atomic E-state index is 0.00944. The monoisotopic (exact) mass is 339 g/mol. The van der Waals surface area contributed by atoms with Gasteiger partial charge in [-0.1, -0.05) is 49.4 Å². The van der Waals surface area contributed by atoms with Crippen molar-refractivity contribution in [3.05, 3.63) is 65.7 Å². The van der Waals surface area contributed by atoms with Gasteiger partial charge in [0.05, 0.1) is 12.1 Å². The molecule has 2 aromatic rings. The molecule has 0 fully saturated rings. The van der Waals surface area contributed by atoms with Crippen molar-refractivity contribution in [2.75, 3.05) is 11.9 Å². The first-order valence-electron chi connectivity index (χ1n) is 8.07. The molecule has 2 rings (SSSR count). The van der Waals surface area contributed by atoms with Gasteiger partial charge in [-0.2, -0.15) is 0 Å². The third-order valence-corrected chi connectivity index (χ3v) is 3.79. The smallest absolute Gasteiger partial charge is 0.306 e. The average molecular weight is 339 g/mol. The number of hydrogen-bond donors (Lipinski definition) is 1. The van der Waals surface area contributed by atoms with Crippen LogP contribution in [0.2, 0.25) is 0 Å². The summed E-state index contributed by atoms with van der Waals surface area (Å²) >= 11 is 0. The van der Waals surface area contributed by atoms with Crippen molar-refractivity contribution in [1.82, 2.24) is 0 Å². The van der Waals surface area contributed by atoms with Crippen molar-refractivity contribution in [3.63, 3.8) is 0 Å². The zero-order valence-electron chi connectivity index (χ0n) is 14.3. The van der Waals surface area contributed by atoms with Crippen LogP contribution in [-0.2, 0) is 14.3 Å². The highest BCUT2D eigenvalue weighted by Gasteiger charge is 2.15. The third-order valence-electron chi connectivity index (χ3n) is 3.79. The molecule has 0 radical (unpaired) electrons. The van der Waals surface area contributed by atoms with E-state index in [4.69, 9.17) is 4.74 Å². The Kier molecular flexibility index (Phi) is 6.46. The molecule has 0 heterocycles. The van der Waals surface area contributed by atoms with Crippen LogP contribution >= 0.6 is 0 Å². The summed E-state index contributed by atoms with van der Waals surface area (Å²) in [5.74, 6) is -1.06. The maximum absolute atomic E-state index is 11.9. The zero-order valence-corrected chi connectivity index (χ0v) is 14.3. The lowest BCUT2D eigenvalue weighted by Crippen LogP contribution is -2.22. The number of ketones is 1. The number of hydrogen-bond acceptors (Lipinski definition) is 4. The van der Waals surface area contributed by atoms with E-state index >= 15 is 0 Å². The largest absolute Gasteiger partial charge is 0.456 e. The number of ether oxygens (including phenoxy) is 1. The Morgan fingerprint density at radius 1 is 1.00 bits per heavy atom. The Labute approximate surface area is 147 Å². The Morgan fingerprint density at radius 2 is 1.64 bits per heavy atom. The van der Waals surface area contributed by atoms with E-state index < -0.39 is 11.9 Å². The first-order valence-corrected chi connectivity index (χ1v) is 8.07. The lowest BCUT2D eigenvalue weighted by atomic mass is 9.98. The highest BCUT2D eigenvalue weighted by molar-refractivity contribution is 6.04. The van der Waals surface area contributed by atoms with Crippen LogP contribution in [0.25, 0.3) is 0 Å². The number of rotatable bonds is 7. The molecule has 0 aliphatic rings. The summed E-state index contributed by atoms with van der Waals surface area (Å²) in [5, 5.41) is 2.60. The molecular weight excluding hydrogens is 318 g/mol. The average Bonchev–Trinajstić information content (AvgIpc) is 2.61. The molecule has 2 aromatic carbocycles. The summed E-state index contributed by atoms with van der Waals surface area (Å²) in [4.78, 5) is 35.4. The number of para-hydroxylation sites is 1. The molecule has 1 atom stereocenters. The number of benzene rings is 2. The SMILES string of the molecule is CC(=O)c1ccccc1NC(=O)COC(=O)C[C@H](C)c1ccccc1. The van der Waals surface area contributed by atoms with Gasteiger partial charge in [0.2, 0.25) is 0 Å². The van der Waals surface area contributed by atoms with Crippen LogP contribution in [0, 0.1) is 0 Å². The number of anilines is 1. The molecule has 0 aliphatic heterocycles. The quantitative estimate of drug-likeness (QED) is 0.618. The molecule has 0 aliphatic carbocycles. The molecule has 5 nitrogen and oxygen atoms in total. The molecule has 1 N–H and O–H groups in total. The highest BCUT2D eigenvalue weighted by atomic mass is 16.5. The minimum atomic E-state index is -0.477. The molecule has 130 valence electrons. The van der Waals surface area contributed by atoms with Gasteiger partial charge >= 0.3 is 5.97 Å². The first kappa shape index (κ1) is 18.4. The number of Topliss-reactive ketones (excluding diaryl/α,β-unsaturated/α-hetero) is 1. The van der Waals surface area contributed by atoms with E-state index in [2.05, 4.69) is 5.32 Å². The number of carbonyl (C=O) groups is 3. The number of esters is 1. The molecule has 0 saturated carbocycles. The van der Waals surface area contributed by atoms with Gasteiger partial charge in [-0.25, -0.2) is 0 Å². The highest BCUT2D eigenvalue weighted by Crippen LogP contribution is 2.19. The third kappa shape index (κ3) is 5.57. The van der Waals surface area contributed by atoms with Crippen LogP contribution in [0.4, 0.5) is 5.69 Å². The summed E-state index contributed by atoms with van der Waals surface area (Å²) in [6, 6.07) is 16.3. The molecule has 0 aromatic heterocycles. The fourth-order valence-corrected chi connectivity index (χ4v) is 2.44. The van der Waals surface area contributed by atoms with Crippen LogP contribution in [0.15, 0.2) is 54.6 Å². The molecular formula is C20H21NO4. The normalized spacial score (nSPS) is 11.4. The molecule has 25 heavy (non-hydrogen) atoms. The topological polar surface area (TPSA) is 72.5 Å². The van der Waals surface area contributed by atoms with Crippen LogP contribution < -0.4 is 5.32 Å². The van der Waals surface area contributed by atoms with Crippen LogP contribution in [0.1, 0.15) is 42.1 Å². The summed E-state index contributed by atoms with van der Waals surface area (Å²) in [6.07, 6.45) is 0.196. The van der Waals surface area contributed by atoms with Crippen molar-refractivity contribution in [2.24, 2.45) is 0 Å². The van der Waals surface area contributed by atoms with E-state index in [1.165, 1.54) is 6.92 Å². The Hall–Kier alpha value is -2.95. The number of nitrogens with one attached hydrogen (secondary N) is 1. The van der Waals surface area contributed by atoms with Gasteiger partial charge in [-0.3, -0.25) is 14.4 Å². The van der Waals surface area contributed by atoms with Gasteiger partial charge in [-0.15, -0.1) is 0 Å². The van der Waals surface area contributed by atoms with E-state index in [9.17, 15) is 14.4 Å². The van der Waals surface area contributed by atoms with E-state index in [-0.39, 0.29) is 24.7 Å². The van der Waals surface area contributed by atoms with Crippen molar-refractivity contribution < 1.29 is 19.1 Å². The number of carbonyl (C=O) groups excluding carboxylic acids is 3. The molecule has 0 unspecified atom stereocenters. The van der Waals surface area contributed by atoms with Crippen molar-refractivity contribution in [3.8, 4) is 0 Å². The molecule has 0 bridgehead atoms. The van der Waals surface area contributed by atoms with E-state index in [1.54, 1.807) is 24.3 Å². The number of amides is 1. The summed E-state index contributed by atoms with van der Waals surface area (Å²) in [5.41, 5.74) is 1.87. The van der Waals surface area contributed by atoms with Gasteiger partial charge in [0, 0.05) is 5.56 Å². The zero-order chi connectivity index (χ0) is 18.2. The van der Waals surface area contributed by atoms with Gasteiger partial charge in [0.15, 0.2) is 12.4 Å². The molecule has 1 amide bonds. The Balaban J connectivity index is 1.84. The first-order chi connectivity index (χ1) is 12.0. The predicted octanol–water partition coefficient (Wildman–Crippen LogP) is 3.56. The Bertz CT molecular complexity index is 755. The second-order valence-corrected chi connectivity index (χ2v) is 5.83. The maximum atomic E-state index is 11.9. The predicted molar refractivity (Wildman–Crippen MR) is 95.5 cm³/mol. The van der Waals surface area contributed by atoms with E-state index in [0.29, 0.717) is 11.3 Å². The van der Waals surface area contributed by atoms with Crippen LogP contribution in [0.3, 0.4) is 0 Å². The fourth-order valence-electron chi connectivity index (χ4n) is 2.44. The van der Waals surface area contributed by atoms with E-state index in [1.807, 2.05) is 37.3 Å². The van der Waals surface area contributed by atoms with Gasteiger partial charge in [0.25, 0.3) is 5.91 Å². The summed E-state index contributed by atoms with van der Waals surface area (Å²) in [7, 11) is 0.